The van der Waals surface area contributed by atoms with Gasteiger partial charge in [0.25, 0.3) is 0 Å². The number of nitriles is 1. The molecule has 68 valence electrons. The van der Waals surface area contributed by atoms with Crippen LogP contribution in [0.3, 0.4) is 0 Å². The maximum absolute atomic E-state index is 10.6. The Morgan fingerprint density at radius 2 is 2.36 bits per heavy atom. The lowest BCUT2D eigenvalue weighted by atomic mass is 10.1. The van der Waals surface area contributed by atoms with Crippen LogP contribution in [0.2, 0.25) is 0 Å². The molecule has 0 saturated heterocycles. The van der Waals surface area contributed by atoms with Gasteiger partial charge in [-0.05, 0) is 19.1 Å². The second-order valence-electron chi connectivity index (χ2n) is 3.04. The van der Waals surface area contributed by atoms with E-state index in [4.69, 9.17) is 5.26 Å². The van der Waals surface area contributed by atoms with Gasteiger partial charge in [0.05, 0.1) is 17.1 Å². The summed E-state index contributed by atoms with van der Waals surface area (Å²) in [5.74, 6) is 0. The van der Waals surface area contributed by atoms with Crippen molar-refractivity contribution >= 4 is 17.2 Å². The number of hydrogen-bond donors (Lipinski definition) is 1. The van der Waals surface area contributed by atoms with Crippen LogP contribution in [0.25, 0.3) is 10.9 Å². The summed E-state index contributed by atoms with van der Waals surface area (Å²) in [7, 11) is 0. The molecule has 0 aliphatic rings. The SMILES string of the molecule is Cc1[nH]nc2cc(C=O)cc(C#N)c12. The van der Waals surface area contributed by atoms with Crippen molar-refractivity contribution in [1.29, 1.82) is 5.26 Å². The van der Waals surface area contributed by atoms with Crippen molar-refractivity contribution in [3.63, 3.8) is 0 Å². The minimum atomic E-state index is 0.473. The van der Waals surface area contributed by atoms with Gasteiger partial charge in [-0.3, -0.25) is 9.89 Å². The predicted molar refractivity (Wildman–Crippen MR) is 50.9 cm³/mol. The van der Waals surface area contributed by atoms with Crippen molar-refractivity contribution in [1.82, 2.24) is 10.2 Å². The number of benzene rings is 1. The summed E-state index contributed by atoms with van der Waals surface area (Å²) < 4.78 is 0. The molecule has 4 heteroatoms. The molecule has 2 aromatic rings. The van der Waals surface area contributed by atoms with Gasteiger partial charge in [-0.15, -0.1) is 0 Å². The molecular formula is C10H7N3O. The Bertz CT molecular complexity index is 548. The zero-order valence-electron chi connectivity index (χ0n) is 7.53. The molecule has 4 nitrogen and oxygen atoms in total. The summed E-state index contributed by atoms with van der Waals surface area (Å²) in [5, 5.41) is 16.5. The standard InChI is InChI=1S/C10H7N3O/c1-6-10-8(4-11)2-7(5-14)3-9(10)13-12-6/h2-3,5H,1H3,(H,12,13). The quantitative estimate of drug-likeness (QED) is 0.685. The zero-order chi connectivity index (χ0) is 10.1. The molecule has 0 saturated carbocycles. The molecule has 0 aliphatic heterocycles. The van der Waals surface area contributed by atoms with E-state index in [0.29, 0.717) is 22.9 Å². The highest BCUT2D eigenvalue weighted by Gasteiger charge is 2.08. The number of aromatic amines is 1. The van der Waals surface area contributed by atoms with E-state index in [1.54, 1.807) is 12.1 Å². The van der Waals surface area contributed by atoms with Crippen molar-refractivity contribution in [2.75, 3.05) is 0 Å². The first kappa shape index (κ1) is 8.45. The molecule has 1 aromatic heterocycles. The van der Waals surface area contributed by atoms with E-state index in [1.165, 1.54) is 0 Å². The number of aryl methyl sites for hydroxylation is 1. The van der Waals surface area contributed by atoms with Crippen LogP contribution in [0.1, 0.15) is 21.6 Å². The molecule has 0 amide bonds. The van der Waals surface area contributed by atoms with E-state index in [1.807, 2.05) is 6.92 Å². The van der Waals surface area contributed by atoms with Crippen LogP contribution >= 0.6 is 0 Å². The van der Waals surface area contributed by atoms with Crippen LogP contribution in [-0.4, -0.2) is 16.5 Å². The van der Waals surface area contributed by atoms with Gasteiger partial charge in [0.1, 0.15) is 6.29 Å². The molecule has 0 atom stereocenters. The van der Waals surface area contributed by atoms with Crippen LogP contribution in [0.4, 0.5) is 0 Å². The molecule has 0 spiro atoms. The largest absolute Gasteiger partial charge is 0.298 e. The Hall–Kier alpha value is -2.15. The van der Waals surface area contributed by atoms with Gasteiger partial charge in [0.15, 0.2) is 0 Å². The number of fused-ring (bicyclic) bond motifs is 1. The van der Waals surface area contributed by atoms with E-state index < -0.39 is 0 Å². The molecular weight excluding hydrogens is 178 g/mol. The van der Waals surface area contributed by atoms with Gasteiger partial charge in [-0.2, -0.15) is 10.4 Å². The van der Waals surface area contributed by atoms with E-state index in [0.717, 1.165) is 11.1 Å². The summed E-state index contributed by atoms with van der Waals surface area (Å²) >= 11 is 0. The van der Waals surface area contributed by atoms with Crippen LogP contribution < -0.4 is 0 Å². The average Bonchev–Trinajstić information content (AvgIpc) is 2.59. The number of carbonyl (C=O) groups excluding carboxylic acids is 1. The van der Waals surface area contributed by atoms with Crippen LogP contribution in [0.5, 0.6) is 0 Å². The molecule has 0 unspecified atom stereocenters. The molecule has 1 N–H and O–H groups in total. The molecule has 1 heterocycles. The highest BCUT2D eigenvalue weighted by molar-refractivity contribution is 5.92. The second kappa shape index (κ2) is 2.96. The maximum Gasteiger partial charge on any atom is 0.150 e. The minimum Gasteiger partial charge on any atom is -0.298 e. The average molecular weight is 185 g/mol. The van der Waals surface area contributed by atoms with E-state index in [9.17, 15) is 4.79 Å². The third-order valence-corrected chi connectivity index (χ3v) is 2.12. The van der Waals surface area contributed by atoms with Gasteiger partial charge in [-0.25, -0.2) is 0 Å². The second-order valence-corrected chi connectivity index (χ2v) is 3.04. The number of carbonyl (C=O) groups is 1. The molecule has 14 heavy (non-hydrogen) atoms. The van der Waals surface area contributed by atoms with Crippen LogP contribution in [-0.2, 0) is 0 Å². The Kier molecular flexibility index (Phi) is 1.79. The number of rotatable bonds is 1. The fourth-order valence-corrected chi connectivity index (χ4v) is 1.49. The summed E-state index contributed by atoms with van der Waals surface area (Å²) in [6.07, 6.45) is 0.713. The Labute approximate surface area is 80.2 Å². The predicted octanol–water partition coefficient (Wildman–Crippen LogP) is 1.56. The first-order valence-corrected chi connectivity index (χ1v) is 4.10. The van der Waals surface area contributed by atoms with Gasteiger partial charge in [-0.1, -0.05) is 0 Å². The zero-order valence-corrected chi connectivity index (χ0v) is 7.53. The smallest absolute Gasteiger partial charge is 0.150 e. The molecule has 0 radical (unpaired) electrons. The first-order valence-electron chi connectivity index (χ1n) is 4.10. The molecule has 2 rings (SSSR count). The molecule has 0 bridgehead atoms. The lowest BCUT2D eigenvalue weighted by Gasteiger charge is -1.95. The fourth-order valence-electron chi connectivity index (χ4n) is 1.49. The van der Waals surface area contributed by atoms with Crippen molar-refractivity contribution in [3.05, 3.63) is 29.0 Å². The summed E-state index contributed by atoms with van der Waals surface area (Å²) in [6, 6.07) is 5.28. The van der Waals surface area contributed by atoms with Crippen LogP contribution in [0, 0.1) is 18.3 Å². The Morgan fingerprint density at radius 1 is 1.57 bits per heavy atom. The van der Waals surface area contributed by atoms with Crippen molar-refractivity contribution in [2.24, 2.45) is 0 Å². The van der Waals surface area contributed by atoms with Crippen LogP contribution in [0.15, 0.2) is 12.1 Å². The third kappa shape index (κ3) is 1.07. The normalized spacial score (nSPS) is 10.0. The van der Waals surface area contributed by atoms with Gasteiger partial charge in [0.2, 0.25) is 0 Å². The van der Waals surface area contributed by atoms with E-state index in [-0.39, 0.29) is 0 Å². The minimum absolute atomic E-state index is 0.473. The molecule has 0 fully saturated rings. The number of hydrogen-bond acceptors (Lipinski definition) is 3. The highest BCUT2D eigenvalue weighted by atomic mass is 16.1. The van der Waals surface area contributed by atoms with Crippen molar-refractivity contribution in [2.45, 2.75) is 6.92 Å². The Balaban J connectivity index is 2.91. The van der Waals surface area contributed by atoms with Gasteiger partial charge in [0, 0.05) is 16.6 Å². The number of aldehydes is 1. The molecule has 1 aromatic carbocycles. The summed E-state index contributed by atoms with van der Waals surface area (Å²) in [5.41, 5.74) is 2.45. The van der Waals surface area contributed by atoms with Gasteiger partial charge < -0.3 is 0 Å². The lowest BCUT2D eigenvalue weighted by Crippen LogP contribution is -1.85. The number of H-pyrrole nitrogens is 1. The van der Waals surface area contributed by atoms with E-state index in [2.05, 4.69) is 16.3 Å². The monoisotopic (exact) mass is 185 g/mol. The number of nitrogens with one attached hydrogen (secondary N) is 1. The topological polar surface area (TPSA) is 69.5 Å². The molecule has 0 aliphatic carbocycles. The maximum atomic E-state index is 10.6. The number of nitrogens with zero attached hydrogens (tertiary/aromatic N) is 2. The van der Waals surface area contributed by atoms with Crippen molar-refractivity contribution in [3.8, 4) is 6.07 Å². The Morgan fingerprint density at radius 3 is 3.00 bits per heavy atom. The van der Waals surface area contributed by atoms with E-state index >= 15 is 0 Å². The summed E-state index contributed by atoms with van der Waals surface area (Å²) in [6.45, 7) is 1.84. The lowest BCUT2D eigenvalue weighted by molar-refractivity contribution is 0.112. The highest BCUT2D eigenvalue weighted by Crippen LogP contribution is 2.20. The first-order chi connectivity index (χ1) is 6.76. The number of aromatic nitrogens is 2. The fraction of sp³-hybridized carbons (Fsp3) is 0.100. The summed E-state index contributed by atoms with van der Waals surface area (Å²) in [4.78, 5) is 10.6. The van der Waals surface area contributed by atoms with Crippen molar-refractivity contribution < 1.29 is 4.79 Å². The third-order valence-electron chi connectivity index (χ3n) is 2.12. The van der Waals surface area contributed by atoms with Gasteiger partial charge >= 0.3 is 0 Å².